The summed E-state index contributed by atoms with van der Waals surface area (Å²) in [4.78, 5) is 22.3. The Hall–Kier alpha value is -2.63. The lowest BCUT2D eigenvalue weighted by atomic mass is 10.1. The summed E-state index contributed by atoms with van der Waals surface area (Å²) < 4.78 is 0. The lowest BCUT2D eigenvalue weighted by Crippen LogP contribution is -2.29. The molecule has 3 N–H and O–H groups in total. The van der Waals surface area contributed by atoms with E-state index >= 15 is 0 Å². The SMILES string of the molecule is CC(=O)NCCC(=O)NCc1ccc(-c2ccn[nH]2)cc1. The molecule has 0 saturated carbocycles. The van der Waals surface area contributed by atoms with Crippen LogP contribution in [0.4, 0.5) is 0 Å². The molecule has 0 aliphatic rings. The summed E-state index contributed by atoms with van der Waals surface area (Å²) in [7, 11) is 0. The molecular formula is C15H18N4O2. The van der Waals surface area contributed by atoms with E-state index in [4.69, 9.17) is 0 Å². The van der Waals surface area contributed by atoms with Gasteiger partial charge in [0.05, 0.1) is 5.69 Å². The van der Waals surface area contributed by atoms with Crippen LogP contribution >= 0.6 is 0 Å². The van der Waals surface area contributed by atoms with E-state index in [1.807, 2.05) is 30.3 Å². The number of aromatic nitrogens is 2. The van der Waals surface area contributed by atoms with Crippen molar-refractivity contribution in [1.29, 1.82) is 0 Å². The van der Waals surface area contributed by atoms with Crippen LogP contribution in [0.15, 0.2) is 36.5 Å². The summed E-state index contributed by atoms with van der Waals surface area (Å²) in [5.74, 6) is -0.210. The summed E-state index contributed by atoms with van der Waals surface area (Å²) in [6.45, 7) is 2.27. The van der Waals surface area contributed by atoms with Crippen molar-refractivity contribution in [2.75, 3.05) is 6.54 Å². The van der Waals surface area contributed by atoms with Crippen molar-refractivity contribution in [2.45, 2.75) is 19.9 Å². The first-order valence-corrected chi connectivity index (χ1v) is 6.75. The number of H-pyrrole nitrogens is 1. The molecular weight excluding hydrogens is 268 g/mol. The highest BCUT2D eigenvalue weighted by Crippen LogP contribution is 2.16. The van der Waals surface area contributed by atoms with Crippen LogP contribution in [0.1, 0.15) is 18.9 Å². The maximum absolute atomic E-state index is 11.6. The number of nitrogens with zero attached hydrogens (tertiary/aromatic N) is 1. The number of nitrogens with one attached hydrogen (secondary N) is 3. The van der Waals surface area contributed by atoms with Crippen LogP contribution in [0.5, 0.6) is 0 Å². The minimum atomic E-state index is -0.128. The van der Waals surface area contributed by atoms with Gasteiger partial charge >= 0.3 is 0 Å². The van der Waals surface area contributed by atoms with Gasteiger partial charge in [0.1, 0.15) is 0 Å². The molecule has 110 valence electrons. The van der Waals surface area contributed by atoms with Gasteiger partial charge in [-0.05, 0) is 17.2 Å². The summed E-state index contributed by atoms with van der Waals surface area (Å²) in [6.07, 6.45) is 1.99. The van der Waals surface area contributed by atoms with Gasteiger partial charge in [0.2, 0.25) is 11.8 Å². The van der Waals surface area contributed by atoms with E-state index in [9.17, 15) is 9.59 Å². The van der Waals surface area contributed by atoms with Gasteiger partial charge in [0.25, 0.3) is 0 Å². The second kappa shape index (κ2) is 7.23. The first kappa shape index (κ1) is 14.8. The second-order valence-corrected chi connectivity index (χ2v) is 4.68. The van der Waals surface area contributed by atoms with Gasteiger partial charge in [-0.15, -0.1) is 0 Å². The van der Waals surface area contributed by atoms with Crippen molar-refractivity contribution >= 4 is 11.8 Å². The Morgan fingerprint density at radius 3 is 2.52 bits per heavy atom. The highest BCUT2D eigenvalue weighted by molar-refractivity contribution is 5.77. The molecule has 0 spiro atoms. The lowest BCUT2D eigenvalue weighted by Gasteiger charge is -2.06. The minimum Gasteiger partial charge on any atom is -0.356 e. The summed E-state index contributed by atoms with van der Waals surface area (Å²) in [5.41, 5.74) is 3.03. The minimum absolute atomic E-state index is 0.0820. The van der Waals surface area contributed by atoms with Crippen molar-refractivity contribution in [2.24, 2.45) is 0 Å². The fourth-order valence-electron chi connectivity index (χ4n) is 1.86. The lowest BCUT2D eigenvalue weighted by molar-refractivity contribution is -0.121. The van der Waals surface area contributed by atoms with Crippen molar-refractivity contribution in [3.8, 4) is 11.3 Å². The molecule has 0 bridgehead atoms. The molecule has 0 aliphatic heterocycles. The van der Waals surface area contributed by atoms with Crippen LogP contribution in [0.25, 0.3) is 11.3 Å². The van der Waals surface area contributed by atoms with Crippen LogP contribution in [0.2, 0.25) is 0 Å². The van der Waals surface area contributed by atoms with Gasteiger partial charge in [0.15, 0.2) is 0 Å². The Balaban J connectivity index is 1.78. The van der Waals surface area contributed by atoms with E-state index in [2.05, 4.69) is 20.8 Å². The largest absolute Gasteiger partial charge is 0.356 e. The Morgan fingerprint density at radius 2 is 1.90 bits per heavy atom. The van der Waals surface area contributed by atoms with E-state index in [1.54, 1.807) is 6.20 Å². The van der Waals surface area contributed by atoms with Gasteiger partial charge in [-0.1, -0.05) is 24.3 Å². The van der Waals surface area contributed by atoms with Gasteiger partial charge in [-0.25, -0.2) is 0 Å². The predicted octanol–water partition coefficient (Wildman–Crippen LogP) is 1.22. The molecule has 0 aliphatic carbocycles. The quantitative estimate of drug-likeness (QED) is 0.746. The molecule has 2 amide bonds. The van der Waals surface area contributed by atoms with Gasteiger partial charge < -0.3 is 10.6 Å². The molecule has 0 fully saturated rings. The number of rotatable bonds is 6. The van der Waals surface area contributed by atoms with E-state index in [0.29, 0.717) is 13.1 Å². The zero-order chi connectivity index (χ0) is 15.1. The Bertz CT molecular complexity index is 591. The van der Waals surface area contributed by atoms with Gasteiger partial charge in [-0.3, -0.25) is 14.7 Å². The van der Waals surface area contributed by atoms with Gasteiger partial charge in [0, 0.05) is 32.6 Å². The summed E-state index contributed by atoms with van der Waals surface area (Å²) >= 11 is 0. The van der Waals surface area contributed by atoms with Crippen LogP contribution in [0.3, 0.4) is 0 Å². The van der Waals surface area contributed by atoms with E-state index in [0.717, 1.165) is 16.8 Å². The molecule has 0 atom stereocenters. The molecule has 1 heterocycles. The van der Waals surface area contributed by atoms with Crippen molar-refractivity contribution in [1.82, 2.24) is 20.8 Å². The third-order valence-electron chi connectivity index (χ3n) is 2.98. The first-order chi connectivity index (χ1) is 10.1. The Labute approximate surface area is 122 Å². The molecule has 1 aromatic carbocycles. The molecule has 21 heavy (non-hydrogen) atoms. The van der Waals surface area contributed by atoms with Crippen LogP contribution < -0.4 is 10.6 Å². The number of hydrogen-bond acceptors (Lipinski definition) is 3. The normalized spacial score (nSPS) is 10.1. The number of carbonyl (C=O) groups is 2. The molecule has 1 aromatic heterocycles. The number of aromatic amines is 1. The van der Waals surface area contributed by atoms with E-state index in [1.165, 1.54) is 6.92 Å². The van der Waals surface area contributed by atoms with Crippen LogP contribution in [0, 0.1) is 0 Å². The molecule has 2 rings (SSSR count). The average Bonchev–Trinajstić information content (AvgIpc) is 2.99. The van der Waals surface area contributed by atoms with Crippen LogP contribution in [-0.2, 0) is 16.1 Å². The van der Waals surface area contributed by atoms with Crippen molar-refractivity contribution in [3.63, 3.8) is 0 Å². The van der Waals surface area contributed by atoms with Gasteiger partial charge in [-0.2, -0.15) is 5.10 Å². The number of amides is 2. The topological polar surface area (TPSA) is 86.9 Å². The smallest absolute Gasteiger partial charge is 0.222 e. The maximum atomic E-state index is 11.6. The first-order valence-electron chi connectivity index (χ1n) is 6.75. The zero-order valence-corrected chi connectivity index (χ0v) is 11.8. The molecule has 0 saturated heterocycles. The van der Waals surface area contributed by atoms with E-state index < -0.39 is 0 Å². The summed E-state index contributed by atoms with van der Waals surface area (Å²) in [6, 6.07) is 9.78. The van der Waals surface area contributed by atoms with E-state index in [-0.39, 0.29) is 18.2 Å². The predicted molar refractivity (Wildman–Crippen MR) is 79.2 cm³/mol. The highest BCUT2D eigenvalue weighted by atomic mass is 16.2. The maximum Gasteiger partial charge on any atom is 0.222 e. The molecule has 0 unspecified atom stereocenters. The third kappa shape index (κ3) is 4.76. The zero-order valence-electron chi connectivity index (χ0n) is 11.8. The third-order valence-corrected chi connectivity index (χ3v) is 2.98. The van der Waals surface area contributed by atoms with Crippen LogP contribution in [-0.4, -0.2) is 28.6 Å². The highest BCUT2D eigenvalue weighted by Gasteiger charge is 2.03. The molecule has 0 radical (unpaired) electrons. The fourth-order valence-corrected chi connectivity index (χ4v) is 1.86. The standard InChI is InChI=1S/C15H18N4O2/c1-11(20)16-8-7-15(21)17-10-12-2-4-13(5-3-12)14-6-9-18-19-14/h2-6,9H,7-8,10H2,1H3,(H,16,20)(H,17,21)(H,18,19). The molecule has 2 aromatic rings. The Morgan fingerprint density at radius 1 is 1.14 bits per heavy atom. The molecule has 6 nitrogen and oxygen atoms in total. The number of benzene rings is 1. The van der Waals surface area contributed by atoms with Crippen molar-refractivity contribution in [3.05, 3.63) is 42.1 Å². The van der Waals surface area contributed by atoms with Crippen molar-refractivity contribution < 1.29 is 9.59 Å². The number of hydrogen-bond donors (Lipinski definition) is 3. The average molecular weight is 286 g/mol. The number of carbonyl (C=O) groups excluding carboxylic acids is 2. The fraction of sp³-hybridized carbons (Fsp3) is 0.267. The summed E-state index contributed by atoms with van der Waals surface area (Å²) in [5, 5.41) is 12.2. The Kier molecular flexibility index (Phi) is 5.09. The molecule has 6 heteroatoms. The monoisotopic (exact) mass is 286 g/mol. The second-order valence-electron chi connectivity index (χ2n) is 4.68.